The van der Waals surface area contributed by atoms with E-state index in [9.17, 15) is 4.79 Å². The van der Waals surface area contributed by atoms with Crippen molar-refractivity contribution in [3.8, 4) is 0 Å². The van der Waals surface area contributed by atoms with Gasteiger partial charge in [0.15, 0.2) is 5.78 Å². The van der Waals surface area contributed by atoms with Gasteiger partial charge in [-0.1, -0.05) is 20.3 Å². The summed E-state index contributed by atoms with van der Waals surface area (Å²) in [6.07, 6.45) is 9.32. The Labute approximate surface area is 106 Å². The summed E-state index contributed by atoms with van der Waals surface area (Å²) in [6.45, 7) is 5.47. The first-order chi connectivity index (χ1) is 8.22. The molecule has 1 unspecified atom stereocenters. The van der Waals surface area contributed by atoms with E-state index >= 15 is 0 Å². The summed E-state index contributed by atoms with van der Waals surface area (Å²) in [5, 5.41) is 3.49. The minimum Gasteiger partial charge on any atom is -0.305 e. The van der Waals surface area contributed by atoms with Crippen LogP contribution in [-0.2, 0) is 4.79 Å². The van der Waals surface area contributed by atoms with Crippen molar-refractivity contribution < 1.29 is 4.79 Å². The van der Waals surface area contributed by atoms with E-state index in [2.05, 4.69) is 19.2 Å². The summed E-state index contributed by atoms with van der Waals surface area (Å²) in [5.41, 5.74) is -0.149. The molecule has 0 aromatic rings. The maximum absolute atomic E-state index is 12.7. The van der Waals surface area contributed by atoms with E-state index in [0.717, 1.165) is 38.1 Å². The maximum atomic E-state index is 12.7. The van der Waals surface area contributed by atoms with Crippen molar-refractivity contribution in [2.75, 3.05) is 6.54 Å². The second-order valence-corrected chi connectivity index (χ2v) is 5.96. The van der Waals surface area contributed by atoms with Gasteiger partial charge in [-0.05, 0) is 57.4 Å². The Kier molecular flexibility index (Phi) is 4.24. The third-order valence-corrected chi connectivity index (χ3v) is 5.11. The van der Waals surface area contributed by atoms with Crippen molar-refractivity contribution in [3.05, 3.63) is 0 Å². The van der Waals surface area contributed by atoms with Crippen molar-refractivity contribution in [3.63, 3.8) is 0 Å². The van der Waals surface area contributed by atoms with E-state index in [0.29, 0.717) is 11.7 Å². The summed E-state index contributed by atoms with van der Waals surface area (Å²) in [4.78, 5) is 12.7. The molecule has 0 aromatic heterocycles. The van der Waals surface area contributed by atoms with Gasteiger partial charge in [-0.25, -0.2) is 0 Å². The molecular weight excluding hydrogens is 210 g/mol. The van der Waals surface area contributed by atoms with Crippen LogP contribution in [0, 0.1) is 11.8 Å². The first kappa shape index (κ1) is 13.1. The molecule has 0 radical (unpaired) electrons. The van der Waals surface area contributed by atoms with Gasteiger partial charge in [-0.15, -0.1) is 0 Å². The van der Waals surface area contributed by atoms with Crippen molar-refractivity contribution in [1.82, 2.24) is 5.32 Å². The number of nitrogens with one attached hydrogen (secondary N) is 1. The summed E-state index contributed by atoms with van der Waals surface area (Å²) in [6, 6.07) is 0. The summed E-state index contributed by atoms with van der Waals surface area (Å²) in [5.74, 6) is 1.77. The molecule has 2 heteroatoms. The van der Waals surface area contributed by atoms with Gasteiger partial charge in [-0.3, -0.25) is 4.79 Å². The van der Waals surface area contributed by atoms with Crippen molar-refractivity contribution in [2.45, 2.75) is 70.8 Å². The summed E-state index contributed by atoms with van der Waals surface area (Å²) < 4.78 is 0. The Bertz CT molecular complexity index is 260. The zero-order valence-corrected chi connectivity index (χ0v) is 11.4. The molecule has 1 heterocycles. The van der Waals surface area contributed by atoms with Crippen LogP contribution in [0.15, 0.2) is 0 Å². The minimum absolute atomic E-state index is 0.149. The molecule has 2 aliphatic rings. The fourth-order valence-electron chi connectivity index (χ4n) is 3.72. The predicted octanol–water partition coefficient (Wildman–Crippen LogP) is 3.30. The highest BCUT2D eigenvalue weighted by Gasteiger charge is 2.42. The van der Waals surface area contributed by atoms with Gasteiger partial charge >= 0.3 is 0 Å². The SMILES string of the molecule is CCC1CCC(C(=O)C2(CC)CCCN2)CC1. The van der Waals surface area contributed by atoms with Crippen molar-refractivity contribution >= 4 is 5.78 Å². The van der Waals surface area contributed by atoms with E-state index in [4.69, 9.17) is 0 Å². The van der Waals surface area contributed by atoms with Crippen LogP contribution in [0.4, 0.5) is 0 Å². The fourth-order valence-corrected chi connectivity index (χ4v) is 3.72. The fraction of sp³-hybridized carbons (Fsp3) is 0.933. The van der Waals surface area contributed by atoms with Gasteiger partial charge in [0.2, 0.25) is 0 Å². The highest BCUT2D eigenvalue weighted by Crippen LogP contribution is 2.36. The molecule has 0 spiro atoms. The van der Waals surface area contributed by atoms with E-state index in [1.165, 1.54) is 25.7 Å². The number of carbonyl (C=O) groups is 1. The molecule has 2 nitrogen and oxygen atoms in total. The second kappa shape index (κ2) is 5.51. The first-order valence-corrected chi connectivity index (χ1v) is 7.51. The molecule has 98 valence electrons. The zero-order valence-electron chi connectivity index (χ0n) is 11.4. The van der Waals surface area contributed by atoms with Crippen LogP contribution in [-0.4, -0.2) is 17.9 Å². The molecular formula is C15H27NO. The van der Waals surface area contributed by atoms with Crippen LogP contribution in [0.1, 0.15) is 65.2 Å². The molecule has 1 aliphatic carbocycles. The Morgan fingerprint density at radius 3 is 2.41 bits per heavy atom. The van der Waals surface area contributed by atoms with Crippen LogP contribution in [0.3, 0.4) is 0 Å². The second-order valence-electron chi connectivity index (χ2n) is 5.96. The lowest BCUT2D eigenvalue weighted by atomic mass is 9.73. The van der Waals surface area contributed by atoms with Crippen LogP contribution >= 0.6 is 0 Å². The number of hydrogen-bond donors (Lipinski definition) is 1. The zero-order chi connectivity index (χ0) is 12.3. The topological polar surface area (TPSA) is 29.1 Å². The maximum Gasteiger partial charge on any atom is 0.155 e. The lowest BCUT2D eigenvalue weighted by Gasteiger charge is -2.34. The largest absolute Gasteiger partial charge is 0.305 e. The Balaban J connectivity index is 1.96. The van der Waals surface area contributed by atoms with E-state index in [1.807, 2.05) is 0 Å². The average Bonchev–Trinajstić information content (AvgIpc) is 2.88. The van der Waals surface area contributed by atoms with E-state index in [1.54, 1.807) is 0 Å². The molecule has 1 saturated heterocycles. The first-order valence-electron chi connectivity index (χ1n) is 7.51. The molecule has 0 aromatic carbocycles. The standard InChI is InChI=1S/C15H27NO/c1-3-12-6-8-13(9-7-12)14(17)15(4-2)10-5-11-16-15/h12-13,16H,3-11H2,1-2H3. The molecule has 2 fully saturated rings. The normalized spacial score (nSPS) is 38.2. The summed E-state index contributed by atoms with van der Waals surface area (Å²) >= 11 is 0. The molecule has 1 saturated carbocycles. The van der Waals surface area contributed by atoms with E-state index < -0.39 is 0 Å². The van der Waals surface area contributed by atoms with Crippen LogP contribution in [0.2, 0.25) is 0 Å². The molecule has 1 atom stereocenters. The number of ketones is 1. The predicted molar refractivity (Wildman–Crippen MR) is 71.0 cm³/mol. The Hall–Kier alpha value is -0.370. The van der Waals surface area contributed by atoms with Gasteiger partial charge < -0.3 is 5.32 Å². The van der Waals surface area contributed by atoms with Gasteiger partial charge in [0.25, 0.3) is 0 Å². The molecule has 2 rings (SSSR count). The number of carbonyl (C=O) groups excluding carboxylic acids is 1. The smallest absolute Gasteiger partial charge is 0.155 e. The third-order valence-electron chi connectivity index (χ3n) is 5.11. The van der Waals surface area contributed by atoms with Crippen LogP contribution in [0.5, 0.6) is 0 Å². The van der Waals surface area contributed by atoms with Crippen LogP contribution < -0.4 is 5.32 Å². The monoisotopic (exact) mass is 237 g/mol. The summed E-state index contributed by atoms with van der Waals surface area (Å²) in [7, 11) is 0. The molecule has 17 heavy (non-hydrogen) atoms. The Morgan fingerprint density at radius 1 is 1.24 bits per heavy atom. The lowest BCUT2D eigenvalue weighted by Crippen LogP contribution is -2.50. The van der Waals surface area contributed by atoms with Crippen molar-refractivity contribution in [1.29, 1.82) is 0 Å². The number of Topliss-reactive ketones (excluding diaryl/α,β-unsaturated/α-hetero) is 1. The van der Waals surface area contributed by atoms with Gasteiger partial charge in [0, 0.05) is 5.92 Å². The third kappa shape index (κ3) is 2.57. The molecule has 1 N–H and O–H groups in total. The Morgan fingerprint density at radius 2 is 1.94 bits per heavy atom. The molecule has 0 amide bonds. The van der Waals surface area contributed by atoms with E-state index in [-0.39, 0.29) is 5.54 Å². The molecule has 0 bridgehead atoms. The highest BCUT2D eigenvalue weighted by atomic mass is 16.1. The average molecular weight is 237 g/mol. The van der Waals surface area contributed by atoms with Gasteiger partial charge in [0.1, 0.15) is 0 Å². The number of hydrogen-bond acceptors (Lipinski definition) is 2. The molecule has 1 aliphatic heterocycles. The quantitative estimate of drug-likeness (QED) is 0.813. The number of rotatable bonds is 4. The lowest BCUT2D eigenvalue weighted by molar-refractivity contribution is -0.130. The minimum atomic E-state index is -0.149. The van der Waals surface area contributed by atoms with Gasteiger partial charge in [0.05, 0.1) is 5.54 Å². The highest BCUT2D eigenvalue weighted by molar-refractivity contribution is 5.90. The van der Waals surface area contributed by atoms with Crippen molar-refractivity contribution in [2.24, 2.45) is 11.8 Å². The van der Waals surface area contributed by atoms with Gasteiger partial charge in [-0.2, -0.15) is 0 Å². The van der Waals surface area contributed by atoms with Crippen LogP contribution in [0.25, 0.3) is 0 Å².